The number of piperidine rings is 1. The van der Waals surface area contributed by atoms with Crippen molar-refractivity contribution < 1.29 is 9.53 Å². The van der Waals surface area contributed by atoms with Gasteiger partial charge in [0.1, 0.15) is 0 Å². The number of ether oxygens (including phenoxy) is 1. The Morgan fingerprint density at radius 1 is 1.18 bits per heavy atom. The molecule has 2 aliphatic rings. The molecule has 4 heteroatoms. The minimum atomic E-state index is 0.283. The van der Waals surface area contributed by atoms with Crippen LogP contribution >= 0.6 is 0 Å². The molecule has 0 aromatic rings. The lowest BCUT2D eigenvalue weighted by atomic mass is 9.91. The van der Waals surface area contributed by atoms with E-state index >= 15 is 0 Å². The van der Waals surface area contributed by atoms with E-state index in [0.29, 0.717) is 24.6 Å². The molecular formula is C13H24N2O2. The third kappa shape index (κ3) is 3.42. The molecule has 1 saturated carbocycles. The first kappa shape index (κ1) is 12.8. The monoisotopic (exact) mass is 240 g/mol. The van der Waals surface area contributed by atoms with Crippen LogP contribution in [0.5, 0.6) is 0 Å². The van der Waals surface area contributed by atoms with E-state index in [1.54, 1.807) is 7.11 Å². The van der Waals surface area contributed by atoms with Gasteiger partial charge in [0.2, 0.25) is 5.91 Å². The van der Waals surface area contributed by atoms with Gasteiger partial charge >= 0.3 is 0 Å². The lowest BCUT2D eigenvalue weighted by molar-refractivity contribution is -0.132. The Hall–Kier alpha value is -0.610. The van der Waals surface area contributed by atoms with Crippen molar-refractivity contribution in [1.29, 1.82) is 0 Å². The van der Waals surface area contributed by atoms with E-state index in [1.807, 2.05) is 11.9 Å². The van der Waals surface area contributed by atoms with E-state index in [2.05, 4.69) is 5.32 Å². The Bertz CT molecular complexity index is 262. The van der Waals surface area contributed by atoms with E-state index in [9.17, 15) is 4.79 Å². The minimum Gasteiger partial charge on any atom is -0.381 e. The zero-order chi connectivity index (χ0) is 12.3. The standard InChI is InChI=1S/C13H24N2O2/c1-15-9-11(5-8-13(15)16)14-10-3-6-12(17-2)7-4-10/h10-12,14H,3-9H2,1-2H3. The number of likely N-dealkylation sites (N-methyl/N-ethyl adjacent to an activating group) is 1. The average Bonchev–Trinajstić information content (AvgIpc) is 2.35. The predicted octanol–water partition coefficient (Wildman–Crippen LogP) is 1.15. The molecule has 1 atom stereocenters. The number of rotatable bonds is 3. The molecule has 0 radical (unpaired) electrons. The number of hydrogen-bond donors (Lipinski definition) is 1. The number of carbonyl (C=O) groups is 1. The molecule has 0 aromatic heterocycles. The number of amides is 1. The largest absolute Gasteiger partial charge is 0.381 e. The van der Waals surface area contributed by atoms with Gasteiger partial charge in [-0.05, 0) is 32.1 Å². The van der Waals surface area contributed by atoms with Gasteiger partial charge in [0, 0.05) is 39.2 Å². The van der Waals surface area contributed by atoms with Crippen LogP contribution in [0.4, 0.5) is 0 Å². The topological polar surface area (TPSA) is 41.6 Å². The highest BCUT2D eigenvalue weighted by Gasteiger charge is 2.27. The minimum absolute atomic E-state index is 0.283. The van der Waals surface area contributed by atoms with Crippen LogP contribution < -0.4 is 5.32 Å². The second-order valence-corrected chi connectivity index (χ2v) is 5.39. The van der Waals surface area contributed by atoms with Gasteiger partial charge in [0.05, 0.1) is 6.10 Å². The van der Waals surface area contributed by atoms with Crippen molar-refractivity contribution >= 4 is 5.91 Å². The third-order valence-corrected chi connectivity index (χ3v) is 4.11. The van der Waals surface area contributed by atoms with Gasteiger partial charge in [-0.2, -0.15) is 0 Å². The molecule has 2 rings (SSSR count). The summed E-state index contributed by atoms with van der Waals surface area (Å²) in [6, 6.07) is 1.11. The summed E-state index contributed by atoms with van der Waals surface area (Å²) < 4.78 is 5.38. The Morgan fingerprint density at radius 2 is 1.88 bits per heavy atom. The predicted molar refractivity (Wildman–Crippen MR) is 66.8 cm³/mol. The molecule has 1 unspecified atom stereocenters. The van der Waals surface area contributed by atoms with Gasteiger partial charge < -0.3 is 15.0 Å². The van der Waals surface area contributed by atoms with Crippen molar-refractivity contribution in [1.82, 2.24) is 10.2 Å². The fraction of sp³-hybridized carbons (Fsp3) is 0.923. The van der Waals surface area contributed by atoms with Gasteiger partial charge in [-0.25, -0.2) is 0 Å². The number of likely N-dealkylation sites (tertiary alicyclic amines) is 1. The molecule has 1 aliphatic heterocycles. The van der Waals surface area contributed by atoms with Gasteiger partial charge in [-0.3, -0.25) is 4.79 Å². The van der Waals surface area contributed by atoms with Gasteiger partial charge in [0.15, 0.2) is 0 Å². The highest BCUT2D eigenvalue weighted by Crippen LogP contribution is 2.22. The summed E-state index contributed by atoms with van der Waals surface area (Å²) >= 11 is 0. The highest BCUT2D eigenvalue weighted by molar-refractivity contribution is 5.76. The molecule has 4 nitrogen and oxygen atoms in total. The molecule has 2 fully saturated rings. The molecule has 1 heterocycles. The highest BCUT2D eigenvalue weighted by atomic mass is 16.5. The smallest absolute Gasteiger partial charge is 0.222 e. The van der Waals surface area contributed by atoms with Crippen LogP contribution in [0.25, 0.3) is 0 Å². The molecular weight excluding hydrogens is 216 g/mol. The molecule has 1 amide bonds. The Morgan fingerprint density at radius 3 is 2.47 bits per heavy atom. The SMILES string of the molecule is COC1CCC(NC2CCC(=O)N(C)C2)CC1. The number of nitrogens with one attached hydrogen (secondary N) is 1. The molecule has 1 saturated heterocycles. The summed E-state index contributed by atoms with van der Waals surface area (Å²) in [5.74, 6) is 0.283. The van der Waals surface area contributed by atoms with Gasteiger partial charge in [0.25, 0.3) is 0 Å². The van der Waals surface area contributed by atoms with Crippen molar-refractivity contribution in [2.24, 2.45) is 0 Å². The summed E-state index contributed by atoms with van der Waals surface area (Å²) in [5.41, 5.74) is 0. The van der Waals surface area contributed by atoms with Crippen LogP contribution in [0.1, 0.15) is 38.5 Å². The summed E-state index contributed by atoms with van der Waals surface area (Å²) in [5, 5.41) is 3.70. The first-order valence-electron chi connectivity index (χ1n) is 6.72. The van der Waals surface area contributed by atoms with Crippen LogP contribution in [0.15, 0.2) is 0 Å². The number of methoxy groups -OCH3 is 1. The lowest BCUT2D eigenvalue weighted by Crippen LogP contribution is -2.50. The quantitative estimate of drug-likeness (QED) is 0.804. The fourth-order valence-corrected chi connectivity index (χ4v) is 2.95. The lowest BCUT2D eigenvalue weighted by Gasteiger charge is -2.35. The molecule has 17 heavy (non-hydrogen) atoms. The zero-order valence-electron chi connectivity index (χ0n) is 10.9. The maximum absolute atomic E-state index is 11.4. The number of carbonyl (C=O) groups excluding carboxylic acids is 1. The third-order valence-electron chi connectivity index (χ3n) is 4.11. The Labute approximate surface area is 104 Å². The molecule has 98 valence electrons. The van der Waals surface area contributed by atoms with Crippen LogP contribution in [-0.4, -0.2) is 49.7 Å². The van der Waals surface area contributed by atoms with Gasteiger partial charge in [-0.15, -0.1) is 0 Å². The maximum atomic E-state index is 11.4. The van der Waals surface area contributed by atoms with Crippen molar-refractivity contribution in [3.63, 3.8) is 0 Å². The molecule has 0 aromatic carbocycles. The summed E-state index contributed by atoms with van der Waals surface area (Å²) in [4.78, 5) is 13.2. The second kappa shape index (κ2) is 5.83. The van der Waals surface area contributed by atoms with Crippen molar-refractivity contribution in [2.45, 2.75) is 56.7 Å². The Kier molecular flexibility index (Phi) is 4.40. The second-order valence-electron chi connectivity index (χ2n) is 5.39. The number of hydrogen-bond acceptors (Lipinski definition) is 3. The summed E-state index contributed by atoms with van der Waals surface area (Å²) in [7, 11) is 3.71. The maximum Gasteiger partial charge on any atom is 0.222 e. The van der Waals surface area contributed by atoms with E-state index in [-0.39, 0.29) is 5.91 Å². The molecule has 0 spiro atoms. The first-order chi connectivity index (χ1) is 8.19. The first-order valence-corrected chi connectivity index (χ1v) is 6.72. The Balaban J connectivity index is 1.73. The zero-order valence-corrected chi connectivity index (χ0v) is 10.9. The van der Waals surface area contributed by atoms with Crippen molar-refractivity contribution in [3.05, 3.63) is 0 Å². The molecule has 0 bridgehead atoms. The van der Waals surface area contributed by atoms with Crippen LogP contribution in [0.2, 0.25) is 0 Å². The van der Waals surface area contributed by atoms with Gasteiger partial charge in [-0.1, -0.05) is 0 Å². The molecule has 1 N–H and O–H groups in total. The normalized spacial score (nSPS) is 35.1. The fourth-order valence-electron chi connectivity index (χ4n) is 2.95. The average molecular weight is 240 g/mol. The van der Waals surface area contributed by atoms with E-state index in [0.717, 1.165) is 25.8 Å². The summed E-state index contributed by atoms with van der Waals surface area (Å²) in [6.07, 6.45) is 6.88. The van der Waals surface area contributed by atoms with E-state index < -0.39 is 0 Å². The van der Waals surface area contributed by atoms with E-state index in [4.69, 9.17) is 4.74 Å². The van der Waals surface area contributed by atoms with Crippen molar-refractivity contribution in [2.75, 3.05) is 20.7 Å². The van der Waals surface area contributed by atoms with Crippen LogP contribution in [0, 0.1) is 0 Å². The van der Waals surface area contributed by atoms with E-state index in [1.165, 1.54) is 12.8 Å². The molecule has 1 aliphatic carbocycles. The summed E-state index contributed by atoms with van der Waals surface area (Å²) in [6.45, 7) is 0.864. The van der Waals surface area contributed by atoms with Crippen molar-refractivity contribution in [3.8, 4) is 0 Å². The number of nitrogens with zero attached hydrogens (tertiary/aromatic N) is 1. The van der Waals surface area contributed by atoms with Crippen LogP contribution in [0.3, 0.4) is 0 Å². The van der Waals surface area contributed by atoms with Crippen LogP contribution in [-0.2, 0) is 9.53 Å².